The predicted molar refractivity (Wildman–Crippen MR) is 116 cm³/mol. The van der Waals surface area contributed by atoms with Crippen LogP contribution in [0.4, 0.5) is 4.39 Å². The molecule has 2 aliphatic heterocycles. The maximum atomic E-state index is 13.6. The summed E-state index contributed by atoms with van der Waals surface area (Å²) in [6, 6.07) is 7.92. The first-order valence-electron chi connectivity index (χ1n) is 11.0. The first-order chi connectivity index (χ1) is 16.0. The Labute approximate surface area is 190 Å². The van der Waals surface area contributed by atoms with E-state index in [4.69, 9.17) is 9.47 Å². The Morgan fingerprint density at radius 3 is 2.94 bits per heavy atom. The molecule has 0 spiro atoms. The van der Waals surface area contributed by atoms with E-state index < -0.39 is 5.82 Å². The van der Waals surface area contributed by atoms with Gasteiger partial charge in [0, 0.05) is 23.7 Å². The van der Waals surface area contributed by atoms with E-state index in [1.165, 1.54) is 13.2 Å². The van der Waals surface area contributed by atoms with E-state index in [-0.39, 0.29) is 23.9 Å². The van der Waals surface area contributed by atoms with Crippen LogP contribution in [0.5, 0.6) is 5.75 Å². The minimum absolute atomic E-state index is 0.129. The molecule has 10 heteroatoms. The molecule has 3 aromatic rings. The third-order valence-corrected chi connectivity index (χ3v) is 6.20. The SMILES string of the molecule is COc1cc(CNC(=O)c2cc(-c3nnn(C[C@@H]4C[C@H]5CC[C@@H]4O5)n3)cc(C)n2)ccc1F. The van der Waals surface area contributed by atoms with Gasteiger partial charge in [-0.05, 0) is 61.2 Å². The number of nitrogens with one attached hydrogen (secondary N) is 1. The number of benzene rings is 1. The van der Waals surface area contributed by atoms with Gasteiger partial charge in [0.25, 0.3) is 5.91 Å². The summed E-state index contributed by atoms with van der Waals surface area (Å²) in [6.45, 7) is 2.69. The number of pyridine rings is 1. The van der Waals surface area contributed by atoms with Crippen molar-refractivity contribution in [1.29, 1.82) is 0 Å². The number of ether oxygens (including phenoxy) is 2. The summed E-state index contributed by atoms with van der Waals surface area (Å²) in [5.41, 5.74) is 2.30. The molecule has 2 aliphatic rings. The largest absolute Gasteiger partial charge is 0.494 e. The molecule has 0 saturated carbocycles. The van der Waals surface area contributed by atoms with Crippen molar-refractivity contribution in [3.05, 3.63) is 53.1 Å². The van der Waals surface area contributed by atoms with Crippen LogP contribution in [0.1, 0.15) is 41.0 Å². The van der Waals surface area contributed by atoms with Crippen molar-refractivity contribution < 1.29 is 18.7 Å². The van der Waals surface area contributed by atoms with Crippen molar-refractivity contribution in [2.45, 2.75) is 51.5 Å². The van der Waals surface area contributed by atoms with Gasteiger partial charge in [0.1, 0.15) is 5.69 Å². The summed E-state index contributed by atoms with van der Waals surface area (Å²) in [7, 11) is 1.40. The Hall–Kier alpha value is -3.40. The average molecular weight is 452 g/mol. The monoisotopic (exact) mass is 452 g/mol. The Balaban J connectivity index is 1.27. The minimum atomic E-state index is -0.453. The molecule has 2 aromatic heterocycles. The van der Waals surface area contributed by atoms with Crippen molar-refractivity contribution >= 4 is 5.91 Å². The highest BCUT2D eigenvalue weighted by Crippen LogP contribution is 2.39. The number of nitrogens with zero attached hydrogens (tertiary/aromatic N) is 5. The Morgan fingerprint density at radius 1 is 1.30 bits per heavy atom. The fourth-order valence-corrected chi connectivity index (χ4v) is 4.58. The quantitative estimate of drug-likeness (QED) is 0.588. The second-order valence-corrected chi connectivity index (χ2v) is 8.57. The van der Waals surface area contributed by atoms with Gasteiger partial charge in [0.05, 0.1) is 25.9 Å². The van der Waals surface area contributed by atoms with Crippen LogP contribution in [0.2, 0.25) is 0 Å². The van der Waals surface area contributed by atoms with Gasteiger partial charge < -0.3 is 14.8 Å². The van der Waals surface area contributed by atoms with E-state index in [1.54, 1.807) is 23.0 Å². The number of halogens is 1. The Kier molecular flexibility index (Phi) is 5.76. The number of methoxy groups -OCH3 is 1. The number of aromatic nitrogens is 5. The van der Waals surface area contributed by atoms with Gasteiger partial charge in [-0.25, -0.2) is 9.37 Å². The standard InChI is InChI=1S/C23H25FN6O3/c1-13-7-15(22-27-29-30(28-22)12-16-9-17-4-6-20(16)33-17)10-19(26-13)23(31)25-11-14-3-5-18(24)21(8-14)32-2/h3,5,7-8,10,16-17,20H,4,6,9,11-12H2,1-2H3,(H,25,31)/t16-,17+,20-/m0/s1. The number of carbonyl (C=O) groups excluding carboxylic acids is 1. The second-order valence-electron chi connectivity index (χ2n) is 8.57. The molecule has 4 heterocycles. The van der Waals surface area contributed by atoms with E-state index in [1.807, 2.05) is 13.0 Å². The Bertz CT molecular complexity index is 1180. The number of amides is 1. The molecule has 2 saturated heterocycles. The third-order valence-electron chi connectivity index (χ3n) is 6.20. The van der Waals surface area contributed by atoms with Crippen LogP contribution in [-0.2, 0) is 17.8 Å². The lowest BCUT2D eigenvalue weighted by atomic mass is 9.89. The second kappa shape index (κ2) is 8.86. The van der Waals surface area contributed by atoms with Crippen LogP contribution in [0.3, 0.4) is 0 Å². The highest BCUT2D eigenvalue weighted by atomic mass is 19.1. The Morgan fingerprint density at radius 2 is 2.18 bits per heavy atom. The number of tetrazole rings is 1. The maximum Gasteiger partial charge on any atom is 0.270 e. The third kappa shape index (κ3) is 4.56. The van der Waals surface area contributed by atoms with Gasteiger partial charge in [-0.3, -0.25) is 4.79 Å². The number of hydrogen-bond acceptors (Lipinski definition) is 7. The zero-order valence-corrected chi connectivity index (χ0v) is 18.5. The molecular weight excluding hydrogens is 427 g/mol. The first-order valence-corrected chi connectivity index (χ1v) is 11.0. The first kappa shape index (κ1) is 21.4. The zero-order valence-electron chi connectivity index (χ0n) is 18.5. The molecule has 3 atom stereocenters. The average Bonchev–Trinajstić information content (AvgIpc) is 3.55. The molecular formula is C23H25FN6O3. The molecule has 9 nitrogen and oxygen atoms in total. The van der Waals surface area contributed by atoms with E-state index in [0.717, 1.165) is 19.3 Å². The molecule has 5 rings (SSSR count). The molecule has 33 heavy (non-hydrogen) atoms. The summed E-state index contributed by atoms with van der Waals surface area (Å²) in [5, 5.41) is 15.7. The lowest BCUT2D eigenvalue weighted by Crippen LogP contribution is -2.24. The van der Waals surface area contributed by atoms with Gasteiger partial charge in [0.15, 0.2) is 11.6 Å². The summed E-state index contributed by atoms with van der Waals surface area (Å²) in [5.74, 6) is 0.183. The van der Waals surface area contributed by atoms with E-state index >= 15 is 0 Å². The van der Waals surface area contributed by atoms with Gasteiger partial charge in [-0.2, -0.15) is 4.80 Å². The minimum Gasteiger partial charge on any atom is -0.494 e. The lowest BCUT2D eigenvalue weighted by molar-refractivity contribution is 0.0883. The maximum absolute atomic E-state index is 13.6. The van der Waals surface area contributed by atoms with Crippen LogP contribution in [0, 0.1) is 18.7 Å². The van der Waals surface area contributed by atoms with Gasteiger partial charge in [0.2, 0.25) is 5.82 Å². The van der Waals surface area contributed by atoms with Crippen LogP contribution >= 0.6 is 0 Å². The number of fused-ring (bicyclic) bond motifs is 2. The smallest absolute Gasteiger partial charge is 0.270 e. The summed E-state index contributed by atoms with van der Waals surface area (Å²) < 4.78 is 24.5. The van der Waals surface area contributed by atoms with E-state index in [9.17, 15) is 9.18 Å². The van der Waals surface area contributed by atoms with Crippen molar-refractivity contribution in [3.8, 4) is 17.1 Å². The zero-order chi connectivity index (χ0) is 22.9. The highest BCUT2D eigenvalue weighted by Gasteiger charge is 2.41. The topological polar surface area (TPSA) is 104 Å². The fourth-order valence-electron chi connectivity index (χ4n) is 4.58. The molecule has 172 valence electrons. The molecule has 1 N–H and O–H groups in total. The van der Waals surface area contributed by atoms with Gasteiger partial charge in [-0.15, -0.1) is 10.2 Å². The molecule has 0 unspecified atom stereocenters. The summed E-state index contributed by atoms with van der Waals surface area (Å²) in [4.78, 5) is 18.7. The van der Waals surface area contributed by atoms with Crippen molar-refractivity contribution in [1.82, 2.24) is 30.5 Å². The van der Waals surface area contributed by atoms with Crippen molar-refractivity contribution in [2.24, 2.45) is 5.92 Å². The van der Waals surface area contributed by atoms with Crippen molar-refractivity contribution in [3.63, 3.8) is 0 Å². The molecule has 2 bridgehead atoms. The molecule has 2 fully saturated rings. The molecule has 1 amide bonds. The lowest BCUT2D eigenvalue weighted by Gasteiger charge is -2.16. The predicted octanol–water partition coefficient (Wildman–Crippen LogP) is 2.69. The van der Waals surface area contributed by atoms with Crippen LogP contribution in [0.25, 0.3) is 11.4 Å². The molecule has 0 aliphatic carbocycles. The molecule has 0 radical (unpaired) electrons. The van der Waals surface area contributed by atoms with Crippen LogP contribution in [0.15, 0.2) is 30.3 Å². The van der Waals surface area contributed by atoms with E-state index in [2.05, 4.69) is 25.7 Å². The summed E-state index contributed by atoms with van der Waals surface area (Å²) >= 11 is 0. The van der Waals surface area contributed by atoms with Crippen molar-refractivity contribution in [2.75, 3.05) is 7.11 Å². The summed E-state index contributed by atoms with van der Waals surface area (Å²) in [6.07, 6.45) is 3.96. The fraction of sp³-hybridized carbons (Fsp3) is 0.435. The van der Waals surface area contributed by atoms with Crippen LogP contribution in [-0.4, -0.2) is 50.4 Å². The normalized spacial score (nSPS) is 21.4. The number of aryl methyl sites for hydroxylation is 1. The van der Waals surface area contributed by atoms with Gasteiger partial charge in [-0.1, -0.05) is 6.07 Å². The highest BCUT2D eigenvalue weighted by molar-refractivity contribution is 5.93. The number of rotatable bonds is 7. The number of carbonyl (C=O) groups is 1. The van der Waals surface area contributed by atoms with Crippen LogP contribution < -0.4 is 10.1 Å². The van der Waals surface area contributed by atoms with E-state index in [0.29, 0.717) is 47.3 Å². The van der Waals surface area contributed by atoms with Gasteiger partial charge >= 0.3 is 0 Å². The molecule has 1 aromatic carbocycles. The number of hydrogen-bond donors (Lipinski definition) is 1.